The zero-order chi connectivity index (χ0) is 21.9. The Balaban J connectivity index is 1.67. The molecule has 0 saturated heterocycles. The van der Waals surface area contributed by atoms with Crippen LogP contribution in [0.4, 0.5) is 5.69 Å². The van der Waals surface area contributed by atoms with E-state index in [-0.39, 0.29) is 10.3 Å². The molecule has 1 aliphatic heterocycles. The average molecular weight is 433 g/mol. The number of rotatable bonds is 5. The second-order valence-electron chi connectivity index (χ2n) is 8.32. The van der Waals surface area contributed by atoms with Gasteiger partial charge >= 0.3 is 0 Å². The van der Waals surface area contributed by atoms with Crippen LogP contribution < -0.4 is 19.5 Å². The van der Waals surface area contributed by atoms with Gasteiger partial charge in [0.15, 0.2) is 11.5 Å². The lowest BCUT2D eigenvalue weighted by Crippen LogP contribution is -2.41. The molecule has 2 aromatic carbocycles. The summed E-state index contributed by atoms with van der Waals surface area (Å²) in [5.41, 5.74) is 1.76. The largest absolute Gasteiger partial charge is 0.490 e. The van der Waals surface area contributed by atoms with Crippen LogP contribution in [0.25, 0.3) is 0 Å². The minimum Gasteiger partial charge on any atom is -0.490 e. The molecule has 0 aromatic heterocycles. The third kappa shape index (κ3) is 5.31. The van der Waals surface area contributed by atoms with Gasteiger partial charge in [-0.05, 0) is 42.2 Å². The molecule has 8 heteroatoms. The number of carbonyl (C=O) groups is 1. The number of sulfonamides is 1. The number of anilines is 1. The van der Waals surface area contributed by atoms with Crippen molar-refractivity contribution in [2.75, 3.05) is 18.5 Å². The summed E-state index contributed by atoms with van der Waals surface area (Å²) in [6, 6.07) is 11.0. The molecule has 0 unspecified atom stereocenters. The van der Waals surface area contributed by atoms with Gasteiger partial charge in [0, 0.05) is 18.2 Å². The van der Waals surface area contributed by atoms with Crippen molar-refractivity contribution in [3.8, 4) is 11.5 Å². The molecule has 0 spiro atoms. The lowest BCUT2D eigenvalue weighted by atomic mass is 9.87. The van der Waals surface area contributed by atoms with Gasteiger partial charge < -0.3 is 14.8 Å². The van der Waals surface area contributed by atoms with E-state index >= 15 is 0 Å². The van der Waals surface area contributed by atoms with Crippen LogP contribution >= 0.6 is 0 Å². The Morgan fingerprint density at radius 2 is 1.63 bits per heavy atom. The van der Waals surface area contributed by atoms with E-state index in [0.29, 0.717) is 30.4 Å². The maximum atomic E-state index is 12.7. The molecule has 1 heterocycles. The minimum absolute atomic E-state index is 0.00805. The Kier molecular flexibility index (Phi) is 6.38. The van der Waals surface area contributed by atoms with E-state index in [1.54, 1.807) is 6.07 Å². The van der Waals surface area contributed by atoms with E-state index in [4.69, 9.17) is 9.47 Å². The maximum absolute atomic E-state index is 12.7. The Morgan fingerprint density at radius 1 is 1.00 bits per heavy atom. The van der Waals surface area contributed by atoms with Crippen molar-refractivity contribution < 1.29 is 22.7 Å². The molecule has 1 amide bonds. The molecule has 1 aliphatic rings. The molecular formula is C22H28N2O5S. The fourth-order valence-electron chi connectivity index (χ4n) is 2.97. The molecule has 0 aliphatic carbocycles. The van der Waals surface area contributed by atoms with Crippen molar-refractivity contribution in [1.29, 1.82) is 0 Å². The third-order valence-corrected chi connectivity index (χ3v) is 6.31. The highest BCUT2D eigenvalue weighted by Gasteiger charge is 2.24. The summed E-state index contributed by atoms with van der Waals surface area (Å²) in [7, 11) is -3.91. The number of hydrogen-bond acceptors (Lipinski definition) is 5. The second-order valence-corrected chi connectivity index (χ2v) is 10.0. The van der Waals surface area contributed by atoms with Gasteiger partial charge in [-0.1, -0.05) is 32.9 Å². The van der Waals surface area contributed by atoms with Crippen molar-refractivity contribution in [3.05, 3.63) is 48.0 Å². The molecule has 3 rings (SSSR count). The van der Waals surface area contributed by atoms with E-state index in [1.165, 1.54) is 19.1 Å². The van der Waals surface area contributed by atoms with E-state index in [0.717, 1.165) is 12.0 Å². The quantitative estimate of drug-likeness (QED) is 0.755. The summed E-state index contributed by atoms with van der Waals surface area (Å²) in [6.07, 6.45) is 0.725. The SMILES string of the molecule is C[C@H](NS(=O)(=O)c1ccc2c(c1)OCCCO2)C(=O)Nc1ccc(C(C)(C)C)cc1. The number of ether oxygens (including phenoxy) is 2. The van der Waals surface area contributed by atoms with Crippen molar-refractivity contribution in [3.63, 3.8) is 0 Å². The number of carbonyl (C=O) groups excluding carboxylic acids is 1. The molecule has 0 saturated carbocycles. The molecule has 162 valence electrons. The lowest BCUT2D eigenvalue weighted by molar-refractivity contribution is -0.117. The minimum atomic E-state index is -3.91. The fraction of sp³-hybridized carbons (Fsp3) is 0.409. The smallest absolute Gasteiger partial charge is 0.242 e. The Morgan fingerprint density at radius 3 is 2.27 bits per heavy atom. The summed E-state index contributed by atoms with van der Waals surface area (Å²) >= 11 is 0. The van der Waals surface area contributed by atoms with Crippen LogP contribution in [0.15, 0.2) is 47.4 Å². The topological polar surface area (TPSA) is 93.7 Å². The third-order valence-electron chi connectivity index (χ3n) is 4.77. The number of fused-ring (bicyclic) bond motifs is 1. The molecule has 0 radical (unpaired) electrons. The van der Waals surface area contributed by atoms with Crippen LogP contribution in [-0.4, -0.2) is 33.6 Å². The molecule has 0 bridgehead atoms. The van der Waals surface area contributed by atoms with Crippen molar-refractivity contribution in [2.45, 2.75) is 50.5 Å². The normalized spacial score (nSPS) is 15.2. The summed E-state index contributed by atoms with van der Waals surface area (Å²) < 4.78 is 39.0. The van der Waals surface area contributed by atoms with Crippen LogP contribution in [0.1, 0.15) is 39.7 Å². The van der Waals surface area contributed by atoms with Gasteiger partial charge in [-0.15, -0.1) is 0 Å². The lowest BCUT2D eigenvalue weighted by Gasteiger charge is -2.19. The van der Waals surface area contributed by atoms with Crippen molar-refractivity contribution in [2.24, 2.45) is 0 Å². The molecular weight excluding hydrogens is 404 g/mol. The van der Waals surface area contributed by atoms with E-state index < -0.39 is 22.0 Å². The molecule has 2 aromatic rings. The number of hydrogen-bond donors (Lipinski definition) is 2. The van der Waals surface area contributed by atoms with Crippen molar-refractivity contribution in [1.82, 2.24) is 4.72 Å². The number of benzene rings is 2. The zero-order valence-electron chi connectivity index (χ0n) is 17.7. The van der Waals surface area contributed by atoms with Gasteiger partial charge in [0.1, 0.15) is 0 Å². The van der Waals surface area contributed by atoms with Gasteiger partial charge in [-0.2, -0.15) is 4.72 Å². The van der Waals surface area contributed by atoms with Crippen LogP contribution in [0.3, 0.4) is 0 Å². The number of amides is 1. The maximum Gasteiger partial charge on any atom is 0.242 e. The fourth-order valence-corrected chi connectivity index (χ4v) is 4.19. The van der Waals surface area contributed by atoms with Gasteiger partial charge in [-0.3, -0.25) is 4.79 Å². The first-order chi connectivity index (χ1) is 14.1. The number of nitrogens with one attached hydrogen (secondary N) is 2. The summed E-state index contributed by atoms with van der Waals surface area (Å²) in [4.78, 5) is 12.5. The van der Waals surface area contributed by atoms with E-state index in [2.05, 4.69) is 30.8 Å². The van der Waals surface area contributed by atoms with E-state index in [1.807, 2.05) is 24.3 Å². The first-order valence-corrected chi connectivity index (χ1v) is 11.4. The van der Waals surface area contributed by atoms with Crippen LogP contribution in [0, 0.1) is 0 Å². The van der Waals surface area contributed by atoms with E-state index in [9.17, 15) is 13.2 Å². The first kappa shape index (κ1) is 22.1. The predicted molar refractivity (Wildman–Crippen MR) is 116 cm³/mol. The zero-order valence-corrected chi connectivity index (χ0v) is 18.5. The van der Waals surface area contributed by atoms with Gasteiger partial charge in [-0.25, -0.2) is 8.42 Å². The van der Waals surface area contributed by atoms with Crippen molar-refractivity contribution >= 4 is 21.6 Å². The monoisotopic (exact) mass is 432 g/mol. The molecule has 0 fully saturated rings. The first-order valence-electron chi connectivity index (χ1n) is 9.90. The Hall–Kier alpha value is -2.58. The van der Waals surface area contributed by atoms with Gasteiger partial charge in [0.25, 0.3) is 0 Å². The van der Waals surface area contributed by atoms with Crippen LogP contribution in [0.5, 0.6) is 11.5 Å². The Labute approximate surface area is 177 Å². The molecule has 30 heavy (non-hydrogen) atoms. The predicted octanol–water partition coefficient (Wildman–Crippen LogP) is 3.45. The highest BCUT2D eigenvalue weighted by Crippen LogP contribution is 2.32. The molecule has 1 atom stereocenters. The second kappa shape index (κ2) is 8.65. The Bertz CT molecular complexity index is 1010. The molecule has 7 nitrogen and oxygen atoms in total. The summed E-state index contributed by atoms with van der Waals surface area (Å²) in [6.45, 7) is 8.80. The standard InChI is InChI=1S/C22H28N2O5S/c1-15(21(25)23-17-8-6-16(7-9-17)22(2,3)4)24-30(26,27)18-10-11-19-20(14-18)29-13-5-12-28-19/h6-11,14-15,24H,5,12-13H2,1-4H3,(H,23,25)/t15-/m0/s1. The highest BCUT2D eigenvalue weighted by molar-refractivity contribution is 7.89. The average Bonchev–Trinajstić information content (AvgIpc) is 2.92. The van der Waals surface area contributed by atoms with Crippen LogP contribution in [0.2, 0.25) is 0 Å². The van der Waals surface area contributed by atoms with Gasteiger partial charge in [0.2, 0.25) is 15.9 Å². The molecule has 2 N–H and O–H groups in total. The summed E-state index contributed by atoms with van der Waals surface area (Å²) in [5, 5.41) is 2.74. The van der Waals surface area contributed by atoms with Crippen LogP contribution in [-0.2, 0) is 20.2 Å². The summed E-state index contributed by atoms with van der Waals surface area (Å²) in [5.74, 6) is 0.443. The highest BCUT2D eigenvalue weighted by atomic mass is 32.2. The van der Waals surface area contributed by atoms with Gasteiger partial charge in [0.05, 0.1) is 24.2 Å².